The molecular formula is C30H30N2O7S. The van der Waals surface area contributed by atoms with Gasteiger partial charge in [-0.05, 0) is 61.4 Å². The lowest BCUT2D eigenvalue weighted by molar-refractivity contribution is -0.117. The molecule has 208 valence electrons. The molecule has 1 aliphatic heterocycles. The van der Waals surface area contributed by atoms with Crippen molar-refractivity contribution in [2.24, 2.45) is 0 Å². The number of benzene rings is 2. The number of rotatable bonds is 12. The minimum atomic E-state index is -0.985. The van der Waals surface area contributed by atoms with Gasteiger partial charge in [-0.15, -0.1) is 0 Å². The van der Waals surface area contributed by atoms with Crippen LogP contribution in [0.5, 0.6) is 17.2 Å². The molecule has 0 saturated carbocycles. The Labute approximate surface area is 235 Å². The number of methoxy groups -OCH3 is 1. The second-order valence-corrected chi connectivity index (χ2v) is 10.2. The maximum absolute atomic E-state index is 13.6. The third-order valence-electron chi connectivity index (χ3n) is 6.58. The SMILES string of the molecule is CCCCCOc1ccc(C2C(C(=O)c3ccco3)=C(O)C(=O)N2c2nc3ccc(OC)cc3s2)cc1OCC. The first-order chi connectivity index (χ1) is 19.5. The van der Waals surface area contributed by atoms with Crippen molar-refractivity contribution in [3.05, 3.63) is 77.5 Å². The van der Waals surface area contributed by atoms with E-state index in [9.17, 15) is 14.7 Å². The predicted molar refractivity (Wildman–Crippen MR) is 152 cm³/mol. The van der Waals surface area contributed by atoms with Crippen molar-refractivity contribution in [1.82, 2.24) is 4.98 Å². The minimum absolute atomic E-state index is 0.0103. The fourth-order valence-corrected chi connectivity index (χ4v) is 5.65. The summed E-state index contributed by atoms with van der Waals surface area (Å²) >= 11 is 1.26. The molecule has 1 atom stereocenters. The van der Waals surface area contributed by atoms with Gasteiger partial charge in [0.05, 0.1) is 48.4 Å². The fourth-order valence-electron chi connectivity index (χ4n) is 4.63. The van der Waals surface area contributed by atoms with Gasteiger partial charge >= 0.3 is 0 Å². The lowest BCUT2D eigenvalue weighted by atomic mass is 9.95. The number of unbranched alkanes of at least 4 members (excludes halogenated alkanes) is 2. The van der Waals surface area contributed by atoms with Crippen LogP contribution in [0, 0.1) is 0 Å². The van der Waals surface area contributed by atoms with E-state index in [1.165, 1.54) is 28.6 Å². The van der Waals surface area contributed by atoms with Crippen LogP contribution < -0.4 is 19.1 Å². The number of hydrogen-bond donors (Lipinski definition) is 1. The van der Waals surface area contributed by atoms with E-state index in [1.54, 1.807) is 43.5 Å². The monoisotopic (exact) mass is 562 g/mol. The van der Waals surface area contributed by atoms with Crippen LogP contribution in [0.2, 0.25) is 0 Å². The molecule has 9 nitrogen and oxygen atoms in total. The summed E-state index contributed by atoms with van der Waals surface area (Å²) in [7, 11) is 1.57. The van der Waals surface area contributed by atoms with Crippen LogP contribution in [0.15, 0.2) is 70.5 Å². The second-order valence-electron chi connectivity index (χ2n) is 9.17. The van der Waals surface area contributed by atoms with Crippen molar-refractivity contribution in [2.45, 2.75) is 39.2 Å². The van der Waals surface area contributed by atoms with Gasteiger partial charge in [-0.1, -0.05) is 37.2 Å². The van der Waals surface area contributed by atoms with Crippen LogP contribution in [0.3, 0.4) is 0 Å². The molecule has 10 heteroatoms. The Morgan fingerprint density at radius 2 is 1.95 bits per heavy atom. The number of Topliss-reactive ketones (excluding diaryl/α,β-unsaturated/α-hetero) is 1. The maximum Gasteiger partial charge on any atom is 0.296 e. The van der Waals surface area contributed by atoms with Crippen LogP contribution in [-0.2, 0) is 4.79 Å². The van der Waals surface area contributed by atoms with Crippen LogP contribution in [-0.4, -0.2) is 42.1 Å². The molecule has 1 N–H and O–H groups in total. The summed E-state index contributed by atoms with van der Waals surface area (Å²) in [6.07, 6.45) is 4.41. The van der Waals surface area contributed by atoms with Crippen LogP contribution >= 0.6 is 11.3 Å². The number of carbonyl (C=O) groups excluding carboxylic acids is 2. The molecule has 0 fully saturated rings. The van der Waals surface area contributed by atoms with Gasteiger partial charge in [0.15, 0.2) is 28.1 Å². The van der Waals surface area contributed by atoms with Gasteiger partial charge in [-0.25, -0.2) is 4.98 Å². The van der Waals surface area contributed by atoms with Gasteiger partial charge < -0.3 is 23.7 Å². The molecule has 0 saturated heterocycles. The predicted octanol–water partition coefficient (Wildman–Crippen LogP) is 6.65. The number of ketones is 1. The first-order valence-electron chi connectivity index (χ1n) is 13.2. The summed E-state index contributed by atoms with van der Waals surface area (Å²) < 4.78 is 23.3. The molecule has 1 amide bonds. The summed E-state index contributed by atoms with van der Waals surface area (Å²) in [5.41, 5.74) is 1.10. The zero-order chi connectivity index (χ0) is 28.2. The van der Waals surface area contributed by atoms with Crippen molar-refractivity contribution in [3.8, 4) is 17.2 Å². The van der Waals surface area contributed by atoms with Crippen LogP contribution in [0.1, 0.15) is 55.3 Å². The molecule has 2 aromatic carbocycles. The Hall–Kier alpha value is -4.31. The van der Waals surface area contributed by atoms with Gasteiger partial charge in [-0.3, -0.25) is 14.5 Å². The van der Waals surface area contributed by atoms with Crippen LogP contribution in [0.4, 0.5) is 5.13 Å². The number of anilines is 1. The lowest BCUT2D eigenvalue weighted by Gasteiger charge is -2.25. The molecule has 3 heterocycles. The highest BCUT2D eigenvalue weighted by molar-refractivity contribution is 7.22. The van der Waals surface area contributed by atoms with Gasteiger partial charge in [-0.2, -0.15) is 0 Å². The highest BCUT2D eigenvalue weighted by atomic mass is 32.1. The summed E-state index contributed by atoms with van der Waals surface area (Å²) in [4.78, 5) is 33.2. The molecule has 40 heavy (non-hydrogen) atoms. The number of aliphatic hydroxyl groups excluding tert-OH is 1. The van der Waals surface area contributed by atoms with Gasteiger partial charge in [0.25, 0.3) is 5.91 Å². The zero-order valence-electron chi connectivity index (χ0n) is 22.5. The van der Waals surface area contributed by atoms with E-state index in [0.717, 1.165) is 24.0 Å². The quantitative estimate of drug-likeness (QED) is 0.151. The van der Waals surface area contributed by atoms with Crippen molar-refractivity contribution in [1.29, 1.82) is 0 Å². The standard InChI is InChI=1S/C30H30N2O7S/c1-4-6-7-14-38-21-13-10-18(16-23(21)37-5-2)26-25(27(33)22-9-8-15-39-22)28(34)29(35)32(26)30-31-20-12-11-19(36-3)17-24(20)40-30/h8-13,15-17,26,34H,4-7,14H2,1-3H3. The Kier molecular flexibility index (Phi) is 8.06. The van der Waals surface area contributed by atoms with E-state index in [1.807, 2.05) is 13.0 Å². The van der Waals surface area contributed by atoms with E-state index in [4.69, 9.17) is 18.6 Å². The maximum atomic E-state index is 13.6. The molecule has 0 aliphatic carbocycles. The Morgan fingerprint density at radius 1 is 1.10 bits per heavy atom. The zero-order valence-corrected chi connectivity index (χ0v) is 23.3. The molecular weight excluding hydrogens is 532 g/mol. The third kappa shape index (κ3) is 5.14. The number of amides is 1. The average Bonchev–Trinajstić information content (AvgIpc) is 3.70. The lowest BCUT2D eigenvalue weighted by Crippen LogP contribution is -2.31. The third-order valence-corrected chi connectivity index (χ3v) is 7.59. The van der Waals surface area contributed by atoms with Crippen molar-refractivity contribution < 1.29 is 33.3 Å². The molecule has 0 bridgehead atoms. The number of nitrogens with zero attached hydrogens (tertiary/aromatic N) is 2. The topological polar surface area (TPSA) is 111 Å². The molecule has 5 rings (SSSR count). The fraction of sp³-hybridized carbons (Fsp3) is 0.300. The average molecular weight is 563 g/mol. The van der Waals surface area contributed by atoms with Crippen molar-refractivity contribution in [2.75, 3.05) is 25.2 Å². The van der Waals surface area contributed by atoms with Gasteiger partial charge in [0.2, 0.25) is 5.78 Å². The first-order valence-corrected chi connectivity index (χ1v) is 14.0. The van der Waals surface area contributed by atoms with Crippen molar-refractivity contribution in [3.63, 3.8) is 0 Å². The number of aromatic nitrogens is 1. The smallest absolute Gasteiger partial charge is 0.296 e. The number of hydrogen-bond acceptors (Lipinski definition) is 9. The van der Waals surface area contributed by atoms with E-state index in [0.29, 0.717) is 46.7 Å². The summed E-state index contributed by atoms with van der Waals surface area (Å²) in [6.45, 7) is 4.92. The molecule has 1 aliphatic rings. The Bertz CT molecular complexity index is 1560. The Balaban J connectivity index is 1.61. The van der Waals surface area contributed by atoms with E-state index < -0.39 is 23.5 Å². The minimum Gasteiger partial charge on any atom is -0.503 e. The molecule has 0 spiro atoms. The number of aliphatic hydroxyl groups is 1. The largest absolute Gasteiger partial charge is 0.503 e. The summed E-state index contributed by atoms with van der Waals surface area (Å²) in [5.74, 6) is -0.270. The van der Waals surface area contributed by atoms with E-state index in [-0.39, 0.29) is 11.3 Å². The first kappa shape index (κ1) is 27.3. The number of furan rings is 1. The highest BCUT2D eigenvalue weighted by Crippen LogP contribution is 2.46. The Morgan fingerprint density at radius 3 is 2.67 bits per heavy atom. The molecule has 2 aromatic heterocycles. The number of ether oxygens (including phenoxy) is 3. The molecule has 1 unspecified atom stereocenters. The van der Waals surface area contributed by atoms with Gasteiger partial charge in [0, 0.05) is 0 Å². The van der Waals surface area contributed by atoms with Gasteiger partial charge in [0.1, 0.15) is 5.75 Å². The summed E-state index contributed by atoms with van der Waals surface area (Å²) in [6, 6.07) is 12.8. The number of thiazole rings is 1. The van der Waals surface area contributed by atoms with Crippen LogP contribution in [0.25, 0.3) is 10.2 Å². The van der Waals surface area contributed by atoms with E-state index >= 15 is 0 Å². The molecule has 4 aromatic rings. The number of carbonyl (C=O) groups is 2. The van der Waals surface area contributed by atoms with E-state index in [2.05, 4.69) is 11.9 Å². The normalized spacial score (nSPS) is 15.2. The second kappa shape index (κ2) is 11.8. The summed E-state index contributed by atoms with van der Waals surface area (Å²) in [5, 5.41) is 11.4. The molecule has 0 radical (unpaired) electrons. The number of fused-ring (bicyclic) bond motifs is 1. The highest BCUT2D eigenvalue weighted by Gasteiger charge is 2.46. The van der Waals surface area contributed by atoms with Crippen molar-refractivity contribution >= 4 is 38.4 Å².